The molecule has 1 unspecified atom stereocenters. The normalized spacial score (nSPS) is 11.7. The summed E-state index contributed by atoms with van der Waals surface area (Å²) in [4.78, 5) is 29.3. The largest absolute Gasteiger partial charge is 0.343 e. The molecule has 3 aromatic rings. The van der Waals surface area contributed by atoms with Gasteiger partial charge in [0, 0.05) is 30.0 Å². The lowest BCUT2D eigenvalue weighted by molar-refractivity contribution is -0.120. The van der Waals surface area contributed by atoms with Crippen LogP contribution in [0.5, 0.6) is 0 Å². The lowest BCUT2D eigenvalue weighted by Gasteiger charge is -2.19. The molecule has 7 heteroatoms. The van der Waals surface area contributed by atoms with E-state index >= 15 is 0 Å². The molecule has 0 saturated carbocycles. The Morgan fingerprint density at radius 3 is 2.34 bits per heavy atom. The standard InChI is InChI=1S/C22H23ClN4O2/c1-14-10-15(2)12-17(11-14)22(29)25-13-19(28)26-20(21-24-8-9-27(21)3)16-4-6-18(23)7-5-16/h4-12,20H,13H2,1-3H3,(H,25,29)(H,26,28). The maximum Gasteiger partial charge on any atom is 0.251 e. The Balaban J connectivity index is 1.71. The van der Waals surface area contributed by atoms with E-state index < -0.39 is 6.04 Å². The summed E-state index contributed by atoms with van der Waals surface area (Å²) >= 11 is 5.99. The van der Waals surface area contributed by atoms with Crippen LogP contribution in [-0.2, 0) is 11.8 Å². The Morgan fingerprint density at radius 2 is 1.76 bits per heavy atom. The third kappa shape index (κ3) is 5.23. The molecule has 0 aliphatic heterocycles. The summed E-state index contributed by atoms with van der Waals surface area (Å²) < 4.78 is 1.84. The lowest BCUT2D eigenvalue weighted by Crippen LogP contribution is -2.39. The number of nitrogens with one attached hydrogen (secondary N) is 2. The van der Waals surface area contributed by atoms with Gasteiger partial charge in [-0.25, -0.2) is 4.98 Å². The van der Waals surface area contributed by atoms with Crippen molar-refractivity contribution in [3.05, 3.63) is 88.0 Å². The van der Waals surface area contributed by atoms with Crippen molar-refractivity contribution in [2.45, 2.75) is 19.9 Å². The molecule has 0 aliphatic rings. The minimum atomic E-state index is -0.460. The highest BCUT2D eigenvalue weighted by Crippen LogP contribution is 2.22. The van der Waals surface area contributed by atoms with Gasteiger partial charge in [-0.05, 0) is 43.7 Å². The van der Waals surface area contributed by atoms with Gasteiger partial charge >= 0.3 is 0 Å². The van der Waals surface area contributed by atoms with E-state index in [9.17, 15) is 9.59 Å². The molecule has 0 bridgehead atoms. The van der Waals surface area contributed by atoms with Crippen LogP contribution in [-0.4, -0.2) is 27.9 Å². The van der Waals surface area contributed by atoms with Crippen LogP contribution >= 0.6 is 11.6 Å². The van der Waals surface area contributed by atoms with Gasteiger partial charge in [0.15, 0.2) is 0 Å². The number of benzene rings is 2. The lowest BCUT2D eigenvalue weighted by atomic mass is 10.1. The summed E-state index contributed by atoms with van der Waals surface area (Å²) in [5, 5.41) is 6.24. The molecule has 2 amide bonds. The van der Waals surface area contributed by atoms with Gasteiger partial charge in [-0.15, -0.1) is 0 Å². The zero-order valence-corrected chi connectivity index (χ0v) is 17.3. The van der Waals surface area contributed by atoms with Gasteiger partial charge in [0.2, 0.25) is 5.91 Å². The van der Waals surface area contributed by atoms with Crippen molar-refractivity contribution < 1.29 is 9.59 Å². The van der Waals surface area contributed by atoms with Gasteiger partial charge in [0.05, 0.1) is 6.54 Å². The summed E-state index contributed by atoms with van der Waals surface area (Å²) in [7, 11) is 1.86. The molecule has 150 valence electrons. The zero-order valence-electron chi connectivity index (χ0n) is 16.6. The van der Waals surface area contributed by atoms with Crippen LogP contribution in [0.4, 0.5) is 0 Å². The Hall–Kier alpha value is -3.12. The van der Waals surface area contributed by atoms with Crippen molar-refractivity contribution in [2.75, 3.05) is 6.54 Å². The van der Waals surface area contributed by atoms with Crippen molar-refractivity contribution >= 4 is 23.4 Å². The number of amides is 2. The zero-order chi connectivity index (χ0) is 21.0. The van der Waals surface area contributed by atoms with E-state index in [1.54, 1.807) is 30.5 Å². The second-order valence-corrected chi connectivity index (χ2v) is 7.44. The summed E-state index contributed by atoms with van der Waals surface area (Å²) in [5.41, 5.74) is 3.38. The number of hydrogen-bond donors (Lipinski definition) is 2. The molecule has 1 atom stereocenters. The molecule has 0 spiro atoms. The topological polar surface area (TPSA) is 76.0 Å². The average Bonchev–Trinajstić information content (AvgIpc) is 3.10. The molecule has 6 nitrogen and oxygen atoms in total. The number of aryl methyl sites for hydroxylation is 3. The monoisotopic (exact) mass is 410 g/mol. The third-order valence-electron chi connectivity index (χ3n) is 4.52. The molecular weight excluding hydrogens is 388 g/mol. The van der Waals surface area contributed by atoms with E-state index in [4.69, 9.17) is 11.6 Å². The van der Waals surface area contributed by atoms with Gasteiger partial charge in [0.1, 0.15) is 11.9 Å². The van der Waals surface area contributed by atoms with Crippen molar-refractivity contribution in [2.24, 2.45) is 7.05 Å². The van der Waals surface area contributed by atoms with E-state index in [0.29, 0.717) is 16.4 Å². The number of aromatic nitrogens is 2. The van der Waals surface area contributed by atoms with Crippen molar-refractivity contribution in [1.29, 1.82) is 0 Å². The third-order valence-corrected chi connectivity index (χ3v) is 4.77. The second kappa shape index (κ2) is 8.92. The van der Waals surface area contributed by atoms with Crippen LogP contribution in [0.25, 0.3) is 0 Å². The minimum absolute atomic E-state index is 0.139. The SMILES string of the molecule is Cc1cc(C)cc(C(=O)NCC(=O)NC(c2ccc(Cl)cc2)c2nccn2C)c1. The average molecular weight is 411 g/mol. The van der Waals surface area contributed by atoms with Gasteiger partial charge < -0.3 is 15.2 Å². The fourth-order valence-corrected chi connectivity index (χ4v) is 3.31. The van der Waals surface area contributed by atoms with Gasteiger partial charge in [0.25, 0.3) is 5.91 Å². The molecular formula is C22H23ClN4O2. The number of carbonyl (C=O) groups excluding carboxylic acids is 2. The summed E-state index contributed by atoms with van der Waals surface area (Å²) in [5.74, 6) is 0.0824. The molecule has 2 N–H and O–H groups in total. The van der Waals surface area contributed by atoms with E-state index in [1.165, 1.54) is 0 Å². The smallest absolute Gasteiger partial charge is 0.251 e. The number of carbonyl (C=O) groups is 2. The summed E-state index contributed by atoms with van der Waals surface area (Å²) in [6, 6.07) is 12.3. The molecule has 0 aliphatic carbocycles. The van der Waals surface area contributed by atoms with Gasteiger partial charge in [-0.1, -0.05) is 40.9 Å². The first-order chi connectivity index (χ1) is 13.8. The van der Waals surface area contributed by atoms with Crippen molar-refractivity contribution in [3.8, 4) is 0 Å². The minimum Gasteiger partial charge on any atom is -0.343 e. The molecule has 0 saturated heterocycles. The molecule has 2 aromatic carbocycles. The van der Waals surface area contributed by atoms with Gasteiger partial charge in [-0.3, -0.25) is 9.59 Å². The maximum atomic E-state index is 12.6. The maximum absolute atomic E-state index is 12.6. The van der Waals surface area contributed by atoms with Crippen LogP contribution in [0.3, 0.4) is 0 Å². The molecule has 1 heterocycles. The Morgan fingerprint density at radius 1 is 1.10 bits per heavy atom. The summed E-state index contributed by atoms with van der Waals surface area (Å²) in [6.07, 6.45) is 3.48. The predicted octanol–water partition coefficient (Wildman–Crippen LogP) is 3.33. The van der Waals surface area contributed by atoms with Crippen LogP contribution in [0.15, 0.2) is 54.9 Å². The first kappa shape index (κ1) is 20.6. The van der Waals surface area contributed by atoms with Crippen LogP contribution in [0.1, 0.15) is 38.9 Å². The predicted molar refractivity (Wildman–Crippen MR) is 113 cm³/mol. The fraction of sp³-hybridized carbons (Fsp3) is 0.227. The molecule has 1 aromatic heterocycles. The second-order valence-electron chi connectivity index (χ2n) is 7.01. The van der Waals surface area contributed by atoms with E-state index in [-0.39, 0.29) is 18.4 Å². The van der Waals surface area contributed by atoms with Crippen LogP contribution < -0.4 is 10.6 Å². The Bertz CT molecular complexity index is 1010. The van der Waals surface area contributed by atoms with E-state index in [2.05, 4.69) is 15.6 Å². The summed E-state index contributed by atoms with van der Waals surface area (Å²) in [6.45, 7) is 3.72. The number of nitrogens with zero attached hydrogens (tertiary/aromatic N) is 2. The van der Waals surface area contributed by atoms with Crippen LogP contribution in [0.2, 0.25) is 5.02 Å². The number of hydrogen-bond acceptors (Lipinski definition) is 3. The quantitative estimate of drug-likeness (QED) is 0.654. The fourth-order valence-electron chi connectivity index (χ4n) is 3.19. The van der Waals surface area contributed by atoms with Gasteiger partial charge in [-0.2, -0.15) is 0 Å². The highest BCUT2D eigenvalue weighted by molar-refractivity contribution is 6.30. The number of halogens is 1. The first-order valence-corrected chi connectivity index (χ1v) is 9.60. The Labute approximate surface area is 174 Å². The molecule has 3 rings (SSSR count). The van der Waals surface area contributed by atoms with Crippen LogP contribution in [0, 0.1) is 13.8 Å². The van der Waals surface area contributed by atoms with Crippen molar-refractivity contribution in [3.63, 3.8) is 0 Å². The molecule has 0 radical (unpaired) electrons. The molecule has 0 fully saturated rings. The van der Waals surface area contributed by atoms with Crippen molar-refractivity contribution in [1.82, 2.24) is 20.2 Å². The number of imidazole rings is 1. The number of rotatable bonds is 6. The Kier molecular flexibility index (Phi) is 6.34. The highest BCUT2D eigenvalue weighted by Gasteiger charge is 2.21. The highest BCUT2D eigenvalue weighted by atomic mass is 35.5. The van der Waals surface area contributed by atoms with E-state index in [0.717, 1.165) is 16.7 Å². The molecule has 29 heavy (non-hydrogen) atoms. The first-order valence-electron chi connectivity index (χ1n) is 9.22. The van der Waals surface area contributed by atoms with E-state index in [1.807, 2.05) is 49.9 Å².